The van der Waals surface area contributed by atoms with Crippen LogP contribution in [0.4, 0.5) is 0 Å². The molecule has 0 saturated heterocycles. The second-order valence-electron chi connectivity index (χ2n) is 3.39. The van der Waals surface area contributed by atoms with Crippen molar-refractivity contribution in [2.45, 2.75) is 19.4 Å². The first-order valence-electron chi connectivity index (χ1n) is 4.98. The molecule has 0 amide bonds. The van der Waals surface area contributed by atoms with Gasteiger partial charge in [0.15, 0.2) is 5.58 Å². The molecule has 1 heterocycles. The van der Waals surface area contributed by atoms with E-state index in [1.54, 1.807) is 0 Å². The van der Waals surface area contributed by atoms with Crippen LogP contribution in [0.5, 0.6) is 0 Å². The fourth-order valence-electron chi connectivity index (χ4n) is 1.58. The minimum absolute atomic E-state index is 0.185. The predicted molar refractivity (Wildman–Crippen MR) is 63.8 cm³/mol. The van der Waals surface area contributed by atoms with Crippen LogP contribution in [0, 0.1) is 0 Å². The Bertz CT molecular complexity index is 463. The summed E-state index contributed by atoms with van der Waals surface area (Å²) in [6.07, 6.45) is 0.959. The second-order valence-corrected chi connectivity index (χ2v) is 4.24. The van der Waals surface area contributed by atoms with E-state index in [1.165, 1.54) is 0 Å². The number of hydrogen-bond acceptors (Lipinski definition) is 3. The van der Waals surface area contributed by atoms with E-state index in [0.29, 0.717) is 0 Å². The van der Waals surface area contributed by atoms with Crippen molar-refractivity contribution in [2.75, 3.05) is 7.05 Å². The van der Waals surface area contributed by atoms with Gasteiger partial charge in [-0.2, -0.15) is 0 Å². The fourth-order valence-corrected chi connectivity index (χ4v) is 2.02. The van der Waals surface area contributed by atoms with E-state index in [1.807, 2.05) is 25.2 Å². The second kappa shape index (κ2) is 4.33. The largest absolute Gasteiger partial charge is 0.438 e. The molecule has 1 N–H and O–H groups in total. The zero-order valence-corrected chi connectivity index (χ0v) is 10.3. The first-order valence-corrected chi connectivity index (χ1v) is 5.77. The maximum absolute atomic E-state index is 5.72. The highest BCUT2D eigenvalue weighted by atomic mass is 79.9. The third kappa shape index (κ3) is 1.92. The zero-order chi connectivity index (χ0) is 10.8. The number of oxazole rings is 1. The lowest BCUT2D eigenvalue weighted by atomic mass is 10.2. The Morgan fingerprint density at radius 1 is 1.53 bits per heavy atom. The number of aromatic nitrogens is 1. The summed E-state index contributed by atoms with van der Waals surface area (Å²) in [5.74, 6) is 0.752. The number of rotatable bonds is 3. The summed E-state index contributed by atoms with van der Waals surface area (Å²) in [4.78, 5) is 4.46. The average Bonchev–Trinajstić information content (AvgIpc) is 2.65. The highest BCUT2D eigenvalue weighted by Gasteiger charge is 2.15. The highest BCUT2D eigenvalue weighted by molar-refractivity contribution is 9.10. The van der Waals surface area contributed by atoms with Gasteiger partial charge >= 0.3 is 0 Å². The van der Waals surface area contributed by atoms with Crippen LogP contribution in [0.1, 0.15) is 25.3 Å². The molecule has 1 aromatic carbocycles. The van der Waals surface area contributed by atoms with Gasteiger partial charge in [0.25, 0.3) is 0 Å². The number of hydrogen-bond donors (Lipinski definition) is 1. The number of nitrogens with one attached hydrogen (secondary N) is 1. The van der Waals surface area contributed by atoms with E-state index in [9.17, 15) is 0 Å². The van der Waals surface area contributed by atoms with Crippen LogP contribution in [0.25, 0.3) is 11.1 Å². The smallest absolute Gasteiger partial charge is 0.212 e. The van der Waals surface area contributed by atoms with Gasteiger partial charge in [0.1, 0.15) is 5.52 Å². The standard InChI is InChI=1S/C11H13BrN2O/c1-3-8(13-2)11-14-9-6-4-5-7(12)10(9)15-11/h4-6,8,13H,3H2,1-2H3. The molecule has 0 bridgehead atoms. The molecule has 2 rings (SSSR count). The lowest BCUT2D eigenvalue weighted by Gasteiger charge is -2.07. The van der Waals surface area contributed by atoms with E-state index in [2.05, 4.69) is 33.2 Å². The van der Waals surface area contributed by atoms with Crippen LogP contribution in [-0.4, -0.2) is 12.0 Å². The topological polar surface area (TPSA) is 38.1 Å². The van der Waals surface area contributed by atoms with E-state index in [4.69, 9.17) is 4.42 Å². The van der Waals surface area contributed by atoms with E-state index in [-0.39, 0.29) is 6.04 Å². The molecule has 0 aliphatic carbocycles. The van der Waals surface area contributed by atoms with Crippen molar-refractivity contribution in [1.82, 2.24) is 10.3 Å². The van der Waals surface area contributed by atoms with Crippen LogP contribution in [0.2, 0.25) is 0 Å². The average molecular weight is 269 g/mol. The van der Waals surface area contributed by atoms with Gasteiger partial charge in [-0.1, -0.05) is 13.0 Å². The molecule has 4 heteroatoms. The molecule has 3 nitrogen and oxygen atoms in total. The van der Waals surface area contributed by atoms with Crippen LogP contribution < -0.4 is 5.32 Å². The molecule has 0 aliphatic rings. The summed E-state index contributed by atoms with van der Waals surface area (Å²) in [6.45, 7) is 2.10. The van der Waals surface area contributed by atoms with Crippen LogP contribution >= 0.6 is 15.9 Å². The maximum Gasteiger partial charge on any atom is 0.212 e. The number of para-hydroxylation sites is 1. The van der Waals surface area contributed by atoms with Gasteiger partial charge in [-0.3, -0.25) is 0 Å². The number of nitrogens with zero attached hydrogens (tertiary/aromatic N) is 1. The number of halogens is 1. The van der Waals surface area contributed by atoms with Crippen molar-refractivity contribution in [1.29, 1.82) is 0 Å². The molecular formula is C11H13BrN2O. The van der Waals surface area contributed by atoms with Crippen molar-refractivity contribution < 1.29 is 4.42 Å². The third-order valence-electron chi connectivity index (χ3n) is 2.44. The highest BCUT2D eigenvalue weighted by Crippen LogP contribution is 2.27. The van der Waals surface area contributed by atoms with Gasteiger partial charge in [0.2, 0.25) is 5.89 Å². The summed E-state index contributed by atoms with van der Waals surface area (Å²) in [5.41, 5.74) is 1.72. The van der Waals surface area contributed by atoms with Gasteiger partial charge in [0, 0.05) is 0 Å². The first kappa shape index (κ1) is 10.6. The van der Waals surface area contributed by atoms with Crippen LogP contribution in [0.3, 0.4) is 0 Å². The minimum Gasteiger partial charge on any atom is -0.438 e. The van der Waals surface area contributed by atoms with Crippen molar-refractivity contribution >= 4 is 27.0 Å². The SMILES string of the molecule is CCC(NC)c1nc2cccc(Br)c2o1. The Labute approximate surface area is 97.0 Å². The van der Waals surface area contributed by atoms with Crippen molar-refractivity contribution in [3.8, 4) is 0 Å². The number of fused-ring (bicyclic) bond motifs is 1. The summed E-state index contributed by atoms with van der Waals surface area (Å²) < 4.78 is 6.67. The minimum atomic E-state index is 0.185. The number of benzene rings is 1. The van der Waals surface area contributed by atoms with Crippen molar-refractivity contribution in [3.05, 3.63) is 28.6 Å². The van der Waals surface area contributed by atoms with Crippen molar-refractivity contribution in [3.63, 3.8) is 0 Å². The van der Waals surface area contributed by atoms with Gasteiger partial charge in [-0.05, 0) is 41.5 Å². The summed E-state index contributed by atoms with van der Waals surface area (Å²) in [5, 5.41) is 3.18. The van der Waals surface area contributed by atoms with Crippen LogP contribution in [-0.2, 0) is 0 Å². The summed E-state index contributed by atoms with van der Waals surface area (Å²) in [6, 6.07) is 6.05. The lowest BCUT2D eigenvalue weighted by molar-refractivity contribution is 0.426. The van der Waals surface area contributed by atoms with Gasteiger partial charge in [0.05, 0.1) is 10.5 Å². The van der Waals surface area contributed by atoms with Gasteiger partial charge in [-0.25, -0.2) is 4.98 Å². The lowest BCUT2D eigenvalue weighted by Crippen LogP contribution is -2.15. The molecule has 0 radical (unpaired) electrons. The molecule has 80 valence electrons. The quantitative estimate of drug-likeness (QED) is 0.929. The Balaban J connectivity index is 2.51. The monoisotopic (exact) mass is 268 g/mol. The molecule has 2 aromatic rings. The molecule has 0 spiro atoms. The Morgan fingerprint density at radius 2 is 2.33 bits per heavy atom. The van der Waals surface area contributed by atoms with Gasteiger partial charge in [-0.15, -0.1) is 0 Å². The zero-order valence-electron chi connectivity index (χ0n) is 8.75. The Hall–Kier alpha value is -0.870. The third-order valence-corrected chi connectivity index (χ3v) is 3.06. The molecule has 0 aliphatic heterocycles. The Kier molecular flexibility index (Phi) is 3.07. The summed E-state index contributed by atoms with van der Waals surface area (Å²) in [7, 11) is 1.91. The van der Waals surface area contributed by atoms with E-state index >= 15 is 0 Å². The fraction of sp³-hybridized carbons (Fsp3) is 0.364. The molecule has 1 atom stereocenters. The summed E-state index contributed by atoms with van der Waals surface area (Å²) >= 11 is 3.45. The molecule has 1 unspecified atom stereocenters. The molecule has 15 heavy (non-hydrogen) atoms. The Morgan fingerprint density at radius 3 is 2.93 bits per heavy atom. The predicted octanol–water partition coefficient (Wildman–Crippen LogP) is 3.26. The van der Waals surface area contributed by atoms with Crippen LogP contribution in [0.15, 0.2) is 27.1 Å². The molecule has 0 saturated carbocycles. The maximum atomic E-state index is 5.72. The van der Waals surface area contributed by atoms with E-state index in [0.717, 1.165) is 27.9 Å². The normalized spacial score (nSPS) is 13.3. The van der Waals surface area contributed by atoms with Gasteiger partial charge < -0.3 is 9.73 Å². The van der Waals surface area contributed by atoms with E-state index < -0.39 is 0 Å². The molecule has 0 fully saturated rings. The van der Waals surface area contributed by atoms with Crippen molar-refractivity contribution in [2.24, 2.45) is 0 Å². The molecule has 1 aromatic heterocycles. The molecular weight excluding hydrogens is 256 g/mol. The first-order chi connectivity index (χ1) is 7.26.